The summed E-state index contributed by atoms with van der Waals surface area (Å²) in [7, 11) is 1.89. The molecular weight excluding hydrogens is 306 g/mol. The Morgan fingerprint density at radius 2 is 2.04 bits per heavy atom. The number of aromatic nitrogens is 6. The van der Waals surface area contributed by atoms with E-state index in [1.165, 1.54) is 0 Å². The molecule has 4 rings (SSSR count). The topological polar surface area (TPSA) is 93.7 Å². The molecule has 24 heavy (non-hydrogen) atoms. The highest BCUT2D eigenvalue weighted by molar-refractivity contribution is 5.88. The third-order valence-electron chi connectivity index (χ3n) is 3.93. The van der Waals surface area contributed by atoms with E-state index in [1.807, 2.05) is 43.0 Å². The predicted molar refractivity (Wildman–Crippen MR) is 91.0 cm³/mol. The maximum absolute atomic E-state index is 9.60. The van der Waals surface area contributed by atoms with Gasteiger partial charge in [0.15, 0.2) is 11.5 Å². The van der Waals surface area contributed by atoms with Crippen molar-refractivity contribution >= 4 is 27.9 Å². The average molecular weight is 323 g/mol. The molecule has 0 fully saturated rings. The average Bonchev–Trinajstić information content (AvgIpc) is 3.18. The number of aliphatic hydroxyl groups excluding tert-OH is 1. The van der Waals surface area contributed by atoms with Gasteiger partial charge in [0.25, 0.3) is 0 Å². The summed E-state index contributed by atoms with van der Waals surface area (Å²) in [5.41, 5.74) is 3.61. The first-order chi connectivity index (χ1) is 11.7. The minimum atomic E-state index is -0.188. The molecule has 0 aliphatic heterocycles. The number of hydrogen-bond donors (Lipinski definition) is 2. The van der Waals surface area contributed by atoms with Crippen molar-refractivity contribution in [1.29, 1.82) is 0 Å². The third kappa shape index (κ3) is 2.11. The van der Waals surface area contributed by atoms with E-state index >= 15 is 0 Å². The molecule has 0 radical (unpaired) electrons. The first-order valence-corrected chi connectivity index (χ1v) is 7.73. The molecule has 1 aromatic carbocycles. The number of rotatable bonds is 4. The molecule has 0 saturated carbocycles. The van der Waals surface area contributed by atoms with Crippen LogP contribution in [0.2, 0.25) is 0 Å². The third-order valence-corrected chi connectivity index (χ3v) is 3.93. The zero-order valence-electron chi connectivity index (χ0n) is 13.4. The number of nitrogens with one attached hydrogen (secondary N) is 1. The molecule has 122 valence electrons. The summed E-state index contributed by atoms with van der Waals surface area (Å²) in [5, 5.41) is 22.5. The van der Waals surface area contributed by atoms with Crippen LogP contribution in [0.4, 0.5) is 5.82 Å². The SMILES string of the molecule is CCNc1nc2cnn(-c3cccc4cnn(C)c34)c2nc1CO. The number of fused-ring (bicyclic) bond motifs is 2. The van der Waals surface area contributed by atoms with E-state index in [9.17, 15) is 5.11 Å². The van der Waals surface area contributed by atoms with Crippen molar-refractivity contribution in [2.75, 3.05) is 11.9 Å². The maximum Gasteiger partial charge on any atom is 0.182 e. The molecule has 2 N–H and O–H groups in total. The Kier molecular flexibility index (Phi) is 3.39. The van der Waals surface area contributed by atoms with Crippen LogP contribution in [0, 0.1) is 0 Å². The zero-order valence-corrected chi connectivity index (χ0v) is 13.4. The smallest absolute Gasteiger partial charge is 0.182 e. The van der Waals surface area contributed by atoms with Crippen LogP contribution in [0.15, 0.2) is 30.6 Å². The molecule has 0 unspecified atom stereocenters. The summed E-state index contributed by atoms with van der Waals surface area (Å²) >= 11 is 0. The van der Waals surface area contributed by atoms with Gasteiger partial charge in [-0.15, -0.1) is 0 Å². The van der Waals surface area contributed by atoms with Crippen molar-refractivity contribution in [3.05, 3.63) is 36.3 Å². The summed E-state index contributed by atoms with van der Waals surface area (Å²) < 4.78 is 3.55. The Morgan fingerprint density at radius 1 is 1.17 bits per heavy atom. The standard InChI is InChI=1S/C16H17N7O/c1-3-17-15-12(9-24)21-16-11(20-15)8-19-23(16)13-6-4-5-10-7-18-22(2)14(10)13/h4-8,24H,3,9H2,1-2H3,(H,17,20). The molecule has 0 amide bonds. The Balaban J connectivity index is 1.98. The van der Waals surface area contributed by atoms with Crippen molar-refractivity contribution in [3.8, 4) is 5.69 Å². The Hall–Kier alpha value is -3.00. The molecule has 0 saturated heterocycles. The lowest BCUT2D eigenvalue weighted by molar-refractivity contribution is 0.277. The van der Waals surface area contributed by atoms with E-state index in [0.717, 1.165) is 16.6 Å². The Morgan fingerprint density at radius 3 is 2.83 bits per heavy atom. The van der Waals surface area contributed by atoms with Gasteiger partial charge in [-0.2, -0.15) is 10.2 Å². The van der Waals surface area contributed by atoms with Crippen LogP contribution in [0.3, 0.4) is 0 Å². The van der Waals surface area contributed by atoms with Gasteiger partial charge in [-0.1, -0.05) is 12.1 Å². The summed E-state index contributed by atoms with van der Waals surface area (Å²) in [6.45, 7) is 2.49. The Labute approximate surface area is 137 Å². The van der Waals surface area contributed by atoms with Crippen molar-refractivity contribution in [2.45, 2.75) is 13.5 Å². The van der Waals surface area contributed by atoms with Gasteiger partial charge >= 0.3 is 0 Å². The van der Waals surface area contributed by atoms with Gasteiger partial charge in [-0.25, -0.2) is 14.6 Å². The van der Waals surface area contributed by atoms with E-state index in [1.54, 1.807) is 10.9 Å². The number of aliphatic hydroxyl groups is 1. The molecule has 8 heteroatoms. The summed E-state index contributed by atoms with van der Waals surface area (Å²) in [6, 6.07) is 5.93. The van der Waals surface area contributed by atoms with E-state index in [4.69, 9.17) is 0 Å². The minimum Gasteiger partial charge on any atom is -0.390 e. The first-order valence-electron chi connectivity index (χ1n) is 7.73. The molecule has 0 aliphatic rings. The van der Waals surface area contributed by atoms with Crippen LogP contribution in [0.5, 0.6) is 0 Å². The van der Waals surface area contributed by atoms with Crippen molar-refractivity contribution in [3.63, 3.8) is 0 Å². The summed E-state index contributed by atoms with van der Waals surface area (Å²) in [6.07, 6.45) is 3.50. The van der Waals surface area contributed by atoms with Gasteiger partial charge in [-0.3, -0.25) is 4.68 Å². The van der Waals surface area contributed by atoms with Crippen LogP contribution in [0.25, 0.3) is 27.8 Å². The van der Waals surface area contributed by atoms with Gasteiger partial charge in [0.05, 0.1) is 30.2 Å². The molecule has 0 spiro atoms. The minimum absolute atomic E-state index is 0.188. The number of aryl methyl sites for hydroxylation is 1. The van der Waals surface area contributed by atoms with Crippen LogP contribution in [0.1, 0.15) is 12.6 Å². The number of nitrogens with zero attached hydrogens (tertiary/aromatic N) is 6. The highest BCUT2D eigenvalue weighted by Crippen LogP contribution is 2.25. The first kappa shape index (κ1) is 14.6. The lowest BCUT2D eigenvalue weighted by Gasteiger charge is -2.09. The lowest BCUT2D eigenvalue weighted by atomic mass is 10.2. The Bertz CT molecular complexity index is 1030. The summed E-state index contributed by atoms with van der Waals surface area (Å²) in [5.74, 6) is 0.589. The van der Waals surface area contributed by atoms with Crippen molar-refractivity contribution < 1.29 is 5.11 Å². The zero-order chi connectivity index (χ0) is 16.7. The number of para-hydroxylation sites is 1. The van der Waals surface area contributed by atoms with Crippen molar-refractivity contribution in [2.24, 2.45) is 7.05 Å². The molecule has 8 nitrogen and oxygen atoms in total. The fraction of sp³-hybridized carbons (Fsp3) is 0.250. The molecule has 0 aliphatic carbocycles. The van der Waals surface area contributed by atoms with E-state index < -0.39 is 0 Å². The molecule has 4 aromatic rings. The number of benzene rings is 1. The van der Waals surface area contributed by atoms with Gasteiger partial charge < -0.3 is 10.4 Å². The number of hydrogen-bond acceptors (Lipinski definition) is 6. The molecule has 3 heterocycles. The fourth-order valence-electron chi connectivity index (χ4n) is 2.86. The maximum atomic E-state index is 9.60. The second kappa shape index (κ2) is 5.57. The van der Waals surface area contributed by atoms with Gasteiger partial charge in [0, 0.05) is 19.0 Å². The molecule has 3 aromatic heterocycles. The molecular formula is C16H17N7O. The van der Waals surface area contributed by atoms with Crippen LogP contribution < -0.4 is 5.32 Å². The second-order valence-electron chi connectivity index (χ2n) is 5.46. The number of anilines is 1. The van der Waals surface area contributed by atoms with Gasteiger partial charge in [0.2, 0.25) is 0 Å². The lowest BCUT2D eigenvalue weighted by Crippen LogP contribution is -2.08. The monoisotopic (exact) mass is 323 g/mol. The van der Waals surface area contributed by atoms with Crippen LogP contribution >= 0.6 is 0 Å². The molecule has 0 atom stereocenters. The highest BCUT2D eigenvalue weighted by Gasteiger charge is 2.15. The quantitative estimate of drug-likeness (QED) is 0.593. The van der Waals surface area contributed by atoms with E-state index in [0.29, 0.717) is 29.2 Å². The highest BCUT2D eigenvalue weighted by atomic mass is 16.3. The van der Waals surface area contributed by atoms with Gasteiger partial charge in [0.1, 0.15) is 11.2 Å². The van der Waals surface area contributed by atoms with Crippen LogP contribution in [-0.4, -0.2) is 41.2 Å². The largest absolute Gasteiger partial charge is 0.390 e. The van der Waals surface area contributed by atoms with E-state index in [-0.39, 0.29) is 6.61 Å². The predicted octanol–water partition coefficient (Wildman–Crippen LogP) is 1.63. The normalized spacial score (nSPS) is 11.5. The molecule has 0 bridgehead atoms. The summed E-state index contributed by atoms with van der Waals surface area (Å²) in [4.78, 5) is 9.10. The van der Waals surface area contributed by atoms with Gasteiger partial charge in [-0.05, 0) is 13.0 Å². The second-order valence-corrected chi connectivity index (χ2v) is 5.46. The van der Waals surface area contributed by atoms with Crippen LogP contribution in [-0.2, 0) is 13.7 Å². The van der Waals surface area contributed by atoms with Crippen molar-refractivity contribution in [1.82, 2.24) is 29.5 Å². The fourth-order valence-corrected chi connectivity index (χ4v) is 2.86. The van der Waals surface area contributed by atoms with E-state index in [2.05, 4.69) is 25.5 Å².